The summed E-state index contributed by atoms with van der Waals surface area (Å²) in [6.07, 6.45) is 5.99. The Bertz CT molecular complexity index is 4880. The lowest BCUT2D eigenvalue weighted by Gasteiger charge is -2.37. The van der Waals surface area contributed by atoms with Crippen LogP contribution in [0.5, 0.6) is 11.5 Å². The fourth-order valence-electron chi connectivity index (χ4n) is 15.8. The number of H-pyrrole nitrogens is 1. The van der Waals surface area contributed by atoms with Gasteiger partial charge in [-0.2, -0.15) is 0 Å². The summed E-state index contributed by atoms with van der Waals surface area (Å²) in [6.45, 7) is 6.22. The number of carbonyl (C=O) groups is 16. The van der Waals surface area contributed by atoms with Gasteiger partial charge in [-0.25, -0.2) is 4.98 Å². The Balaban J connectivity index is 1.21. The summed E-state index contributed by atoms with van der Waals surface area (Å²) in [4.78, 5) is 248. The molecule has 11 atom stereocenters. The molecule has 3 heterocycles. The van der Waals surface area contributed by atoms with E-state index in [1.807, 2.05) is 6.92 Å². The van der Waals surface area contributed by atoms with Crippen molar-refractivity contribution in [2.75, 3.05) is 66.4 Å². The van der Waals surface area contributed by atoms with Gasteiger partial charge in [0.1, 0.15) is 83.6 Å². The van der Waals surface area contributed by atoms with Gasteiger partial charge < -0.3 is 98.4 Å². The number of fused-ring (bicyclic) bond motifs is 1. The number of primary amides is 1. The third-order valence-corrected chi connectivity index (χ3v) is 24.0. The van der Waals surface area contributed by atoms with Crippen LogP contribution >= 0.6 is 11.8 Å². The number of thioether (sulfide) groups is 1. The lowest BCUT2D eigenvalue weighted by Crippen LogP contribution is -2.61. The van der Waals surface area contributed by atoms with Crippen molar-refractivity contribution in [2.24, 2.45) is 23.5 Å². The Morgan fingerprint density at radius 2 is 1.02 bits per heavy atom. The van der Waals surface area contributed by atoms with E-state index in [2.05, 4.69) is 57.8 Å². The van der Waals surface area contributed by atoms with Gasteiger partial charge in [-0.3, -0.25) is 76.7 Å². The molecule has 129 heavy (non-hydrogen) atoms. The number of carboxylic acids is 1. The summed E-state index contributed by atoms with van der Waals surface area (Å²) in [7, 11) is 6.62. The number of carboxylic acid groups (broad SMARTS) is 1. The quantitative estimate of drug-likeness (QED) is 0.0438. The first-order valence-electron chi connectivity index (χ1n) is 43.5. The molecule has 15 N–H and O–H groups in total. The lowest BCUT2D eigenvalue weighted by atomic mass is 9.84. The maximum atomic E-state index is 15.6. The van der Waals surface area contributed by atoms with Crippen molar-refractivity contribution < 1.29 is 92.0 Å². The molecule has 8 rings (SSSR count). The van der Waals surface area contributed by atoms with Crippen LogP contribution in [0.1, 0.15) is 133 Å². The predicted octanol–water partition coefficient (Wildman–Crippen LogP) is 2.45. The Kier molecular flexibility index (Phi) is 38.8. The number of aromatic nitrogens is 2. The van der Waals surface area contributed by atoms with Crippen molar-refractivity contribution in [3.63, 3.8) is 0 Å². The topological polar surface area (TPSA) is 513 Å². The van der Waals surface area contributed by atoms with Gasteiger partial charge in [0.15, 0.2) is 0 Å². The largest absolute Gasteiger partial charge is 0.508 e. The molecule has 15 amide bonds. The van der Waals surface area contributed by atoms with Crippen LogP contribution < -0.4 is 53.6 Å². The van der Waals surface area contributed by atoms with Gasteiger partial charge in [0.2, 0.25) is 88.6 Å². The predicted molar refractivity (Wildman–Crippen MR) is 481 cm³/mol. The van der Waals surface area contributed by atoms with E-state index in [1.54, 1.807) is 107 Å². The number of hydrogen-bond donors (Lipinski definition) is 14. The van der Waals surface area contributed by atoms with Crippen LogP contribution in [0.4, 0.5) is 0 Å². The Labute approximate surface area is 754 Å². The first-order valence-corrected chi connectivity index (χ1v) is 44.6. The number of phenols is 2. The number of carbonyl (C=O) groups excluding carboxylic acids is 15. The fraction of sp³-hybridized carbons (Fsp3) is 0.489. The van der Waals surface area contributed by atoms with Crippen LogP contribution in [-0.2, 0) is 109 Å². The maximum Gasteiger partial charge on any atom is 0.305 e. The minimum absolute atomic E-state index is 0.0501. The number of amides is 15. The minimum Gasteiger partial charge on any atom is -0.508 e. The highest BCUT2D eigenvalue weighted by atomic mass is 32.2. The number of hydrogen-bond acceptors (Lipinski definition) is 20. The van der Waals surface area contributed by atoms with Gasteiger partial charge in [0.25, 0.3) is 0 Å². The van der Waals surface area contributed by atoms with E-state index in [0.29, 0.717) is 51.7 Å². The van der Waals surface area contributed by atoms with E-state index in [-0.39, 0.29) is 80.5 Å². The number of nitrogens with one attached hydrogen (secondary N) is 10. The number of aromatic amines is 1. The molecule has 2 aromatic heterocycles. The van der Waals surface area contributed by atoms with Crippen molar-refractivity contribution in [3.8, 4) is 11.5 Å². The summed E-state index contributed by atoms with van der Waals surface area (Å²) in [5.41, 5.74) is 8.27. The molecule has 37 heteroatoms. The average Bonchev–Trinajstić information content (AvgIpc) is 1.50. The number of nitrogens with two attached hydrogens (primary N) is 1. The number of likely N-dealkylation sites (N-methyl/N-ethyl adjacent to an activating group) is 5. The van der Waals surface area contributed by atoms with E-state index < -0.39 is 199 Å². The molecule has 2 aliphatic rings. The number of pyridine rings is 1. The molecule has 2 fully saturated rings. The van der Waals surface area contributed by atoms with Crippen molar-refractivity contribution in [1.82, 2.24) is 82.3 Å². The summed E-state index contributed by atoms with van der Waals surface area (Å²) in [5.74, 6) is -17.1. The number of aromatic hydroxyl groups is 2. The molecule has 1 aliphatic heterocycles. The highest BCUT2D eigenvalue weighted by molar-refractivity contribution is 8.00. The van der Waals surface area contributed by atoms with Gasteiger partial charge in [0, 0.05) is 90.9 Å². The van der Waals surface area contributed by atoms with Gasteiger partial charge in [-0.05, 0) is 101 Å². The SMILES string of the molecule is CCCC[C@H]1C(=O)N(C)CC(=O)N[C@@H](CC(=O)O)C(=O)N[C@@H](C(C)C)C(=O)N(C)[C@@H](Cc2ccccc2)C(=O)N[C@@H](Cc2ccc(O)cc2)C(=O)N(C)CC(=O)NC(Cc2c[nH]c3ncccc23)C(=O)N[C@@H](Cc2ccc(O)cc2)C(=O)N[C@@H](CC(C)C)C(=O)N[C@H](C(=O)NCC(N)=O)CSCC(=O)N[C@@H](CC2CCCCC2)C(=O)N(C)[C@@H](Cc2ccccc2)C(=O)N1C. The number of nitrogens with zero attached hydrogens (tertiary/aromatic N) is 6. The number of unbranched alkanes of at least 4 members (excludes halogenated alkanes) is 1. The summed E-state index contributed by atoms with van der Waals surface area (Å²) >= 11 is 0.865. The standard InChI is InChI=1S/C92H123N17O19S/c1-11-12-30-72-90(126)106(7)51-77(114)98-68(47-79(116)117)86(122)104-80(55(4)5)92(128)108(9)73(44-57-25-18-14-19-26-57)87(123)102-69(43-60-33-37-63(111)38-34-60)88(124)105(6)50-76(113)97-67(46-61-48-95-81-64(61)29-22-39-94-81)85(121)101-66(41-59-31-35-62(110)36-32-59)84(120)100-65(40-54(2)3)83(119)103-71(82(118)96-49-75(93)112)52-129-53-78(115)99-70(42-56-23-16-13-17-24-56)89(125)109(10)74(91(127)107(72)8)45-58-27-20-15-21-28-58/h14-15,18-22,25-29,31-39,48,54-56,65-74,80,110-111H,11-13,16-17,23-24,30,40-47,49-53H2,1-10H3,(H2,93,112)(H,94,95)(H,96,118)(H,97,113)(H,98,114)(H,99,115)(H,100,120)(H,101,121)(H,102,123)(H,103,119)(H,104,122)(H,116,117)/t65-,66-,67?,68-,69-,70-,71-,72-,73-,74-,80-/m0/s1. The second kappa shape index (κ2) is 49.4. The highest BCUT2D eigenvalue weighted by Crippen LogP contribution is 2.30. The van der Waals surface area contributed by atoms with Crippen molar-refractivity contribution in [3.05, 3.63) is 162 Å². The van der Waals surface area contributed by atoms with Crippen LogP contribution in [-0.4, -0.2) is 277 Å². The zero-order valence-electron chi connectivity index (χ0n) is 74.7. The number of aliphatic carboxylic acids is 1. The summed E-state index contributed by atoms with van der Waals surface area (Å²) in [6, 6.07) is 15.3. The molecule has 696 valence electrons. The number of benzene rings is 4. The van der Waals surface area contributed by atoms with Crippen LogP contribution in [0.2, 0.25) is 0 Å². The number of rotatable bonds is 23. The van der Waals surface area contributed by atoms with Crippen LogP contribution in [0.15, 0.2) is 134 Å². The third kappa shape index (κ3) is 30.9. The van der Waals surface area contributed by atoms with Crippen molar-refractivity contribution >= 4 is 117 Å². The molecule has 6 aromatic rings. The molecular weight excluding hydrogens is 1680 g/mol. The highest BCUT2D eigenvalue weighted by Gasteiger charge is 2.43. The molecule has 0 spiro atoms. The maximum absolute atomic E-state index is 15.6. The van der Waals surface area contributed by atoms with Crippen LogP contribution in [0.3, 0.4) is 0 Å². The molecule has 1 aliphatic carbocycles. The van der Waals surface area contributed by atoms with E-state index >= 15 is 38.4 Å². The molecule has 36 nitrogen and oxygen atoms in total. The van der Waals surface area contributed by atoms with Gasteiger partial charge >= 0.3 is 5.97 Å². The third-order valence-electron chi connectivity index (χ3n) is 22.9. The van der Waals surface area contributed by atoms with E-state index in [9.17, 15) is 53.7 Å². The van der Waals surface area contributed by atoms with Crippen molar-refractivity contribution in [2.45, 2.75) is 204 Å². The summed E-state index contributed by atoms with van der Waals surface area (Å²) < 4.78 is 0. The van der Waals surface area contributed by atoms with Crippen molar-refractivity contribution in [1.29, 1.82) is 0 Å². The zero-order valence-corrected chi connectivity index (χ0v) is 75.5. The van der Waals surface area contributed by atoms with E-state index in [4.69, 9.17) is 5.73 Å². The average molecular weight is 1800 g/mol. The second-order valence-corrected chi connectivity index (χ2v) is 35.0. The van der Waals surface area contributed by atoms with Gasteiger partial charge in [0.05, 0.1) is 31.8 Å². The smallest absolute Gasteiger partial charge is 0.305 e. The minimum atomic E-state index is -1.90. The molecule has 1 unspecified atom stereocenters. The first kappa shape index (κ1) is 101. The second-order valence-electron chi connectivity index (χ2n) is 34.0. The first-order chi connectivity index (χ1) is 61.4. The van der Waals surface area contributed by atoms with Gasteiger partial charge in [-0.1, -0.05) is 164 Å². The summed E-state index contributed by atoms with van der Waals surface area (Å²) in [5, 5.41) is 55.6. The molecule has 0 radical (unpaired) electrons. The number of phenolic OH excluding ortho intramolecular Hbond substituents is 2. The van der Waals surface area contributed by atoms with E-state index in [0.717, 1.165) is 58.6 Å². The van der Waals surface area contributed by atoms with Crippen LogP contribution in [0.25, 0.3) is 11.0 Å². The Morgan fingerprint density at radius 3 is 1.58 bits per heavy atom. The molecule has 1 saturated heterocycles. The lowest BCUT2D eigenvalue weighted by molar-refractivity contribution is -0.151. The van der Waals surface area contributed by atoms with Gasteiger partial charge in [-0.15, -0.1) is 11.8 Å². The Morgan fingerprint density at radius 1 is 0.512 bits per heavy atom. The zero-order chi connectivity index (χ0) is 94.3. The molecule has 1 saturated carbocycles. The fourth-order valence-corrected chi connectivity index (χ4v) is 16.6. The Hall–Kier alpha value is -13.0. The molecule has 0 bridgehead atoms. The van der Waals surface area contributed by atoms with Crippen LogP contribution in [0, 0.1) is 17.8 Å². The molecular formula is C92H123N17O19S. The monoisotopic (exact) mass is 1800 g/mol. The van der Waals surface area contributed by atoms with E-state index in [1.165, 1.54) is 99.8 Å². The molecule has 4 aromatic carbocycles. The normalized spacial score (nSPS) is 22.8.